The number of amides is 2. The molecule has 3 rings (SSSR count). The first-order chi connectivity index (χ1) is 14.1. The first kappa shape index (κ1) is 21.4. The molecule has 7 nitrogen and oxygen atoms in total. The Morgan fingerprint density at radius 3 is 2.79 bits per heavy atom. The van der Waals surface area contributed by atoms with Gasteiger partial charge in [0.25, 0.3) is 5.56 Å². The van der Waals surface area contributed by atoms with E-state index in [1.165, 1.54) is 11.8 Å². The van der Waals surface area contributed by atoms with Crippen LogP contribution in [0.2, 0.25) is 0 Å². The number of hydrogen-bond donors (Lipinski definition) is 1. The third-order valence-corrected chi connectivity index (χ3v) is 5.97. The van der Waals surface area contributed by atoms with Crippen LogP contribution in [-0.4, -0.2) is 51.7 Å². The Morgan fingerprint density at radius 1 is 1.21 bits per heavy atom. The first-order valence-corrected chi connectivity index (χ1v) is 11.3. The summed E-state index contributed by atoms with van der Waals surface area (Å²) in [6.45, 7) is 4.65. The van der Waals surface area contributed by atoms with Gasteiger partial charge in [0.05, 0.1) is 16.7 Å². The summed E-state index contributed by atoms with van der Waals surface area (Å²) in [5.41, 5.74) is 0.537. The highest BCUT2D eigenvalue weighted by Gasteiger charge is 2.20. The van der Waals surface area contributed by atoms with Gasteiger partial charge in [-0.1, -0.05) is 37.2 Å². The van der Waals surface area contributed by atoms with Crippen LogP contribution in [0.25, 0.3) is 10.9 Å². The molecule has 8 heteroatoms. The number of rotatable bonds is 10. The predicted molar refractivity (Wildman–Crippen MR) is 115 cm³/mol. The van der Waals surface area contributed by atoms with Gasteiger partial charge < -0.3 is 10.2 Å². The third-order valence-electron chi connectivity index (χ3n) is 4.99. The van der Waals surface area contributed by atoms with Crippen molar-refractivity contribution in [3.63, 3.8) is 0 Å². The average molecular weight is 417 g/mol. The van der Waals surface area contributed by atoms with Gasteiger partial charge in [-0.3, -0.25) is 19.0 Å². The maximum Gasteiger partial charge on any atom is 0.262 e. The minimum absolute atomic E-state index is 0.0555. The molecule has 156 valence electrons. The van der Waals surface area contributed by atoms with Gasteiger partial charge in [-0.25, -0.2) is 4.98 Å². The third kappa shape index (κ3) is 5.59. The zero-order valence-corrected chi connectivity index (χ0v) is 17.7. The molecule has 2 aromatic rings. The highest BCUT2D eigenvalue weighted by atomic mass is 32.2. The lowest BCUT2D eigenvalue weighted by molar-refractivity contribution is -0.127. The number of fused-ring (bicyclic) bond motifs is 1. The van der Waals surface area contributed by atoms with Crippen LogP contribution in [0.5, 0.6) is 0 Å². The smallest absolute Gasteiger partial charge is 0.262 e. The van der Waals surface area contributed by atoms with Crippen molar-refractivity contribution in [3.05, 3.63) is 34.6 Å². The van der Waals surface area contributed by atoms with Gasteiger partial charge in [0.15, 0.2) is 5.16 Å². The second-order valence-electron chi connectivity index (χ2n) is 7.20. The molecule has 1 aliphatic heterocycles. The van der Waals surface area contributed by atoms with Crippen LogP contribution in [0.15, 0.2) is 34.2 Å². The maximum absolute atomic E-state index is 13.0. The number of carbonyl (C=O) groups excluding carboxylic acids is 2. The fraction of sp³-hybridized carbons (Fsp3) is 0.524. The number of thioether (sulfide) groups is 1. The lowest BCUT2D eigenvalue weighted by Gasteiger charge is -2.17. The molecule has 2 amide bonds. The molecule has 1 fully saturated rings. The van der Waals surface area contributed by atoms with Crippen molar-refractivity contribution in [1.29, 1.82) is 0 Å². The van der Waals surface area contributed by atoms with Crippen LogP contribution in [-0.2, 0) is 16.1 Å². The number of carbonyl (C=O) groups is 2. The monoisotopic (exact) mass is 416 g/mol. The average Bonchev–Trinajstić information content (AvgIpc) is 3.13. The number of nitrogens with zero attached hydrogens (tertiary/aromatic N) is 3. The minimum atomic E-state index is -0.0998. The zero-order chi connectivity index (χ0) is 20.6. The number of nitrogens with one attached hydrogen (secondary N) is 1. The highest BCUT2D eigenvalue weighted by molar-refractivity contribution is 7.99. The lowest BCUT2D eigenvalue weighted by Crippen LogP contribution is -2.30. The maximum atomic E-state index is 13.0. The van der Waals surface area contributed by atoms with E-state index in [4.69, 9.17) is 0 Å². The molecular weight excluding hydrogens is 388 g/mol. The van der Waals surface area contributed by atoms with Gasteiger partial charge in [0.2, 0.25) is 11.8 Å². The summed E-state index contributed by atoms with van der Waals surface area (Å²) in [6, 6.07) is 7.27. The summed E-state index contributed by atoms with van der Waals surface area (Å²) in [6.07, 6.45) is 4.18. The van der Waals surface area contributed by atoms with Crippen molar-refractivity contribution in [2.24, 2.45) is 0 Å². The van der Waals surface area contributed by atoms with Crippen molar-refractivity contribution in [2.45, 2.75) is 50.7 Å². The molecule has 29 heavy (non-hydrogen) atoms. The number of likely N-dealkylation sites (tertiary alicyclic amines) is 1. The topological polar surface area (TPSA) is 84.3 Å². The Morgan fingerprint density at radius 2 is 2.03 bits per heavy atom. The van der Waals surface area contributed by atoms with E-state index in [1.54, 1.807) is 10.6 Å². The van der Waals surface area contributed by atoms with E-state index >= 15 is 0 Å². The summed E-state index contributed by atoms with van der Waals surface area (Å²) in [4.78, 5) is 43.4. The van der Waals surface area contributed by atoms with Crippen LogP contribution in [0.3, 0.4) is 0 Å². The molecule has 2 heterocycles. The zero-order valence-electron chi connectivity index (χ0n) is 16.9. The standard InChI is InChI=1S/C21H28N4O3S/c1-2-3-11-22-18(26)15-29-21-23-17-9-5-4-8-16(17)20(28)25(21)14-7-13-24-12-6-10-19(24)27/h4-5,8-9H,2-3,6-7,10-15H2,1H3,(H,22,26). The Kier molecular flexibility index (Phi) is 7.69. The van der Waals surface area contributed by atoms with E-state index in [0.717, 1.165) is 25.8 Å². The van der Waals surface area contributed by atoms with E-state index in [9.17, 15) is 14.4 Å². The summed E-state index contributed by atoms with van der Waals surface area (Å²) in [5.74, 6) is 0.353. The Hall–Kier alpha value is -2.35. The van der Waals surface area contributed by atoms with Gasteiger partial charge in [0.1, 0.15) is 0 Å². The molecule has 1 N–H and O–H groups in total. The Bertz CT molecular complexity index is 928. The molecule has 0 radical (unpaired) electrons. The van der Waals surface area contributed by atoms with Crippen molar-refractivity contribution in [1.82, 2.24) is 19.8 Å². The number of unbranched alkanes of at least 4 members (excludes halogenated alkanes) is 1. The molecular formula is C21H28N4O3S. The summed E-state index contributed by atoms with van der Waals surface area (Å²) < 4.78 is 1.65. The highest BCUT2D eigenvalue weighted by Crippen LogP contribution is 2.18. The molecule has 0 atom stereocenters. The Balaban J connectivity index is 1.73. The molecule has 1 aliphatic rings. The molecule has 0 aliphatic carbocycles. The number of aromatic nitrogens is 2. The molecule has 0 saturated carbocycles. The Labute approximate surface area is 174 Å². The van der Waals surface area contributed by atoms with Gasteiger partial charge in [-0.05, 0) is 31.4 Å². The van der Waals surface area contributed by atoms with E-state index < -0.39 is 0 Å². The van der Waals surface area contributed by atoms with Crippen LogP contribution < -0.4 is 10.9 Å². The van der Waals surface area contributed by atoms with E-state index in [0.29, 0.717) is 48.5 Å². The largest absolute Gasteiger partial charge is 0.355 e. The summed E-state index contributed by atoms with van der Waals surface area (Å²) in [5, 5.41) is 4.01. The van der Waals surface area contributed by atoms with E-state index in [2.05, 4.69) is 17.2 Å². The molecule has 0 bridgehead atoms. The number of benzene rings is 1. The van der Waals surface area contributed by atoms with E-state index in [1.807, 2.05) is 23.1 Å². The quantitative estimate of drug-likeness (QED) is 0.365. The molecule has 0 unspecified atom stereocenters. The van der Waals surface area contributed by atoms with Crippen LogP contribution in [0.4, 0.5) is 0 Å². The summed E-state index contributed by atoms with van der Waals surface area (Å²) in [7, 11) is 0. The van der Waals surface area contributed by atoms with Crippen molar-refractivity contribution < 1.29 is 9.59 Å². The normalized spacial score (nSPS) is 14.0. The fourth-order valence-corrected chi connectivity index (χ4v) is 4.26. The van der Waals surface area contributed by atoms with Crippen molar-refractivity contribution in [3.8, 4) is 0 Å². The van der Waals surface area contributed by atoms with Gasteiger partial charge in [-0.2, -0.15) is 0 Å². The SMILES string of the molecule is CCCCNC(=O)CSc1nc2ccccc2c(=O)n1CCCN1CCCC1=O. The second kappa shape index (κ2) is 10.4. The lowest BCUT2D eigenvalue weighted by atomic mass is 10.2. The number of para-hydroxylation sites is 1. The van der Waals surface area contributed by atoms with Crippen LogP contribution in [0.1, 0.15) is 39.0 Å². The van der Waals surface area contributed by atoms with Crippen molar-refractivity contribution >= 4 is 34.5 Å². The summed E-state index contributed by atoms with van der Waals surface area (Å²) >= 11 is 1.28. The molecule has 1 aromatic heterocycles. The van der Waals surface area contributed by atoms with Gasteiger partial charge in [-0.15, -0.1) is 0 Å². The second-order valence-corrected chi connectivity index (χ2v) is 8.14. The minimum Gasteiger partial charge on any atom is -0.355 e. The van der Waals surface area contributed by atoms with Gasteiger partial charge in [0, 0.05) is 32.6 Å². The molecule has 1 aromatic carbocycles. The van der Waals surface area contributed by atoms with Crippen LogP contribution >= 0.6 is 11.8 Å². The van der Waals surface area contributed by atoms with E-state index in [-0.39, 0.29) is 23.1 Å². The fourth-order valence-electron chi connectivity index (χ4n) is 3.40. The first-order valence-electron chi connectivity index (χ1n) is 10.3. The van der Waals surface area contributed by atoms with Gasteiger partial charge >= 0.3 is 0 Å². The van der Waals surface area contributed by atoms with Crippen molar-refractivity contribution in [2.75, 3.05) is 25.4 Å². The van der Waals surface area contributed by atoms with Crippen LogP contribution in [0, 0.1) is 0 Å². The molecule has 1 saturated heterocycles. The molecule has 0 spiro atoms. The number of hydrogen-bond acceptors (Lipinski definition) is 5. The predicted octanol–water partition coefficient (Wildman–Crippen LogP) is 2.42.